The highest BCUT2D eigenvalue weighted by Gasteiger charge is 2.41. The second kappa shape index (κ2) is 3.55. The molecule has 0 radical (unpaired) electrons. The third kappa shape index (κ3) is 1.57. The molecule has 1 fully saturated rings. The van der Waals surface area contributed by atoms with E-state index in [2.05, 4.69) is 6.92 Å². The Hall–Kier alpha value is -0.0800. The fraction of sp³-hybridized carbons (Fsp3) is 1.00. The molecular formula is C9H18O2. The Kier molecular flexibility index (Phi) is 2.90. The van der Waals surface area contributed by atoms with Gasteiger partial charge >= 0.3 is 0 Å². The van der Waals surface area contributed by atoms with E-state index in [1.807, 2.05) is 0 Å². The summed E-state index contributed by atoms with van der Waals surface area (Å²) in [5.41, 5.74) is 0.169. The molecule has 0 aromatic rings. The largest absolute Gasteiger partial charge is 0.396 e. The summed E-state index contributed by atoms with van der Waals surface area (Å²) in [5.74, 6) is 0. The first kappa shape index (κ1) is 9.01. The molecule has 2 heteroatoms. The van der Waals surface area contributed by atoms with Crippen LogP contribution in [0.4, 0.5) is 0 Å². The summed E-state index contributed by atoms with van der Waals surface area (Å²) in [4.78, 5) is 0. The summed E-state index contributed by atoms with van der Waals surface area (Å²) in [7, 11) is 0. The second-order valence-electron chi connectivity index (χ2n) is 3.60. The predicted molar refractivity (Wildman–Crippen MR) is 44.3 cm³/mol. The van der Waals surface area contributed by atoms with E-state index < -0.39 is 0 Å². The zero-order valence-corrected chi connectivity index (χ0v) is 7.21. The summed E-state index contributed by atoms with van der Waals surface area (Å²) >= 11 is 0. The average molecular weight is 158 g/mol. The van der Waals surface area contributed by atoms with Crippen LogP contribution in [0.25, 0.3) is 0 Å². The van der Waals surface area contributed by atoms with Gasteiger partial charge in [0.05, 0.1) is 6.10 Å². The van der Waals surface area contributed by atoms with Crippen LogP contribution in [0.3, 0.4) is 0 Å². The molecule has 1 aliphatic rings. The summed E-state index contributed by atoms with van der Waals surface area (Å²) in [5, 5.41) is 18.3. The molecule has 0 bridgehead atoms. The minimum absolute atomic E-state index is 0.114. The van der Waals surface area contributed by atoms with E-state index in [1.165, 1.54) is 6.42 Å². The SMILES string of the molecule is CCC1([C@@H](O)CCO)CCC1. The quantitative estimate of drug-likeness (QED) is 0.647. The molecule has 0 aliphatic heterocycles. The van der Waals surface area contributed by atoms with Crippen LogP contribution in [-0.2, 0) is 0 Å². The van der Waals surface area contributed by atoms with Gasteiger partial charge in [0.2, 0.25) is 0 Å². The average Bonchev–Trinajstić information content (AvgIpc) is 1.87. The van der Waals surface area contributed by atoms with Gasteiger partial charge in [-0.15, -0.1) is 0 Å². The van der Waals surface area contributed by atoms with E-state index in [1.54, 1.807) is 0 Å². The summed E-state index contributed by atoms with van der Waals surface area (Å²) in [6.45, 7) is 2.24. The van der Waals surface area contributed by atoms with Crippen molar-refractivity contribution < 1.29 is 10.2 Å². The molecule has 0 saturated heterocycles. The fourth-order valence-electron chi connectivity index (χ4n) is 1.98. The molecule has 0 heterocycles. The van der Waals surface area contributed by atoms with Crippen LogP contribution in [0.2, 0.25) is 0 Å². The van der Waals surface area contributed by atoms with E-state index in [0.29, 0.717) is 6.42 Å². The fourth-order valence-corrected chi connectivity index (χ4v) is 1.98. The Morgan fingerprint density at radius 1 is 1.45 bits per heavy atom. The Balaban J connectivity index is 2.40. The molecule has 0 amide bonds. The molecule has 1 rings (SSSR count). The minimum Gasteiger partial charge on any atom is -0.396 e. The molecule has 66 valence electrons. The lowest BCUT2D eigenvalue weighted by Crippen LogP contribution is -2.41. The van der Waals surface area contributed by atoms with E-state index in [9.17, 15) is 5.11 Å². The van der Waals surface area contributed by atoms with Gasteiger partial charge in [-0.2, -0.15) is 0 Å². The normalized spacial score (nSPS) is 24.3. The zero-order chi connectivity index (χ0) is 8.32. The molecule has 11 heavy (non-hydrogen) atoms. The molecule has 1 saturated carbocycles. The standard InChI is InChI=1S/C9H18O2/c1-2-9(5-3-6-9)8(11)4-7-10/h8,10-11H,2-7H2,1H3/t8-/m0/s1. The van der Waals surface area contributed by atoms with E-state index >= 15 is 0 Å². The van der Waals surface area contributed by atoms with Gasteiger partial charge in [0.25, 0.3) is 0 Å². The van der Waals surface area contributed by atoms with Gasteiger partial charge in [0.1, 0.15) is 0 Å². The number of aliphatic hydroxyl groups excluding tert-OH is 2. The zero-order valence-electron chi connectivity index (χ0n) is 7.21. The maximum Gasteiger partial charge on any atom is 0.0618 e. The molecule has 0 aromatic carbocycles. The second-order valence-corrected chi connectivity index (χ2v) is 3.60. The van der Waals surface area contributed by atoms with Gasteiger partial charge in [-0.05, 0) is 31.1 Å². The summed E-state index contributed by atoms with van der Waals surface area (Å²) in [6, 6.07) is 0. The monoisotopic (exact) mass is 158 g/mol. The summed E-state index contributed by atoms with van der Waals surface area (Å²) < 4.78 is 0. The van der Waals surface area contributed by atoms with Crippen molar-refractivity contribution in [2.75, 3.05) is 6.61 Å². The number of hydrogen-bond donors (Lipinski definition) is 2. The smallest absolute Gasteiger partial charge is 0.0618 e. The first-order valence-corrected chi connectivity index (χ1v) is 4.54. The van der Waals surface area contributed by atoms with E-state index in [-0.39, 0.29) is 18.1 Å². The molecular weight excluding hydrogens is 140 g/mol. The van der Waals surface area contributed by atoms with Crippen LogP contribution in [0.1, 0.15) is 39.0 Å². The van der Waals surface area contributed by atoms with Crippen LogP contribution < -0.4 is 0 Å². The third-order valence-corrected chi connectivity index (χ3v) is 3.16. The lowest BCUT2D eigenvalue weighted by atomic mass is 9.63. The van der Waals surface area contributed by atoms with Gasteiger partial charge < -0.3 is 10.2 Å². The van der Waals surface area contributed by atoms with Gasteiger partial charge in [-0.3, -0.25) is 0 Å². The van der Waals surface area contributed by atoms with Crippen molar-refractivity contribution in [1.82, 2.24) is 0 Å². The number of hydrogen-bond acceptors (Lipinski definition) is 2. The first-order valence-electron chi connectivity index (χ1n) is 4.54. The molecule has 1 aliphatic carbocycles. The molecule has 2 nitrogen and oxygen atoms in total. The van der Waals surface area contributed by atoms with Crippen molar-refractivity contribution in [2.45, 2.75) is 45.1 Å². The third-order valence-electron chi connectivity index (χ3n) is 3.16. The minimum atomic E-state index is -0.272. The lowest BCUT2D eigenvalue weighted by Gasteiger charge is -2.45. The van der Waals surface area contributed by atoms with Crippen molar-refractivity contribution in [3.8, 4) is 0 Å². The van der Waals surface area contributed by atoms with Gasteiger partial charge in [-0.1, -0.05) is 13.3 Å². The van der Waals surface area contributed by atoms with Crippen molar-refractivity contribution >= 4 is 0 Å². The van der Waals surface area contributed by atoms with Gasteiger partial charge in [-0.25, -0.2) is 0 Å². The van der Waals surface area contributed by atoms with Crippen LogP contribution in [0, 0.1) is 5.41 Å². The maximum atomic E-state index is 9.66. The van der Waals surface area contributed by atoms with E-state index in [4.69, 9.17) is 5.11 Å². The lowest BCUT2D eigenvalue weighted by molar-refractivity contribution is -0.0487. The van der Waals surface area contributed by atoms with Crippen LogP contribution >= 0.6 is 0 Å². The molecule has 0 spiro atoms. The van der Waals surface area contributed by atoms with Gasteiger partial charge in [0, 0.05) is 6.61 Å². The van der Waals surface area contributed by atoms with Crippen molar-refractivity contribution in [3.63, 3.8) is 0 Å². The van der Waals surface area contributed by atoms with Crippen LogP contribution in [-0.4, -0.2) is 22.9 Å². The topological polar surface area (TPSA) is 40.5 Å². The van der Waals surface area contributed by atoms with Crippen LogP contribution in [0.15, 0.2) is 0 Å². The van der Waals surface area contributed by atoms with Crippen LogP contribution in [0.5, 0.6) is 0 Å². The maximum absolute atomic E-state index is 9.66. The Bertz CT molecular complexity index is 113. The number of rotatable bonds is 4. The molecule has 1 atom stereocenters. The van der Waals surface area contributed by atoms with E-state index in [0.717, 1.165) is 19.3 Å². The highest BCUT2D eigenvalue weighted by atomic mass is 16.3. The number of aliphatic hydroxyl groups is 2. The predicted octanol–water partition coefficient (Wildman–Crippen LogP) is 1.31. The first-order chi connectivity index (χ1) is 5.25. The molecule has 2 N–H and O–H groups in total. The highest BCUT2D eigenvalue weighted by molar-refractivity contribution is 4.92. The molecule has 0 aromatic heterocycles. The Morgan fingerprint density at radius 2 is 2.09 bits per heavy atom. The Morgan fingerprint density at radius 3 is 2.36 bits per heavy atom. The summed E-state index contributed by atoms with van der Waals surface area (Å²) in [6.07, 6.45) is 4.86. The van der Waals surface area contributed by atoms with Crippen molar-refractivity contribution in [1.29, 1.82) is 0 Å². The Labute approximate surface area is 68.2 Å². The van der Waals surface area contributed by atoms with Crippen molar-refractivity contribution in [2.24, 2.45) is 5.41 Å². The molecule has 0 unspecified atom stereocenters. The van der Waals surface area contributed by atoms with Crippen molar-refractivity contribution in [3.05, 3.63) is 0 Å². The van der Waals surface area contributed by atoms with Gasteiger partial charge in [0.15, 0.2) is 0 Å². The highest BCUT2D eigenvalue weighted by Crippen LogP contribution is 2.47.